The Labute approximate surface area is 49.4 Å². The molecular weight excluding hydrogens is 130 g/mol. The third-order valence-electron chi connectivity index (χ3n) is 0.512. The van der Waals surface area contributed by atoms with Crippen LogP contribution in [0.2, 0.25) is 0 Å². The maximum Gasteiger partial charge on any atom is 0.201 e. The van der Waals surface area contributed by atoms with Gasteiger partial charge in [-0.15, -0.1) is 5.10 Å². The van der Waals surface area contributed by atoms with Crippen molar-refractivity contribution >= 4 is 23.6 Å². The van der Waals surface area contributed by atoms with Crippen LogP contribution >= 0.6 is 23.6 Å². The fourth-order valence-electron chi connectivity index (χ4n) is 0.221. The smallest absolute Gasteiger partial charge is 0.201 e. The van der Waals surface area contributed by atoms with Crippen molar-refractivity contribution in [2.45, 2.75) is 0 Å². The van der Waals surface area contributed by atoms with E-state index >= 15 is 0 Å². The van der Waals surface area contributed by atoms with Gasteiger partial charge >= 0.3 is 0 Å². The molecule has 3 nitrogen and oxygen atoms in total. The molecule has 38 valence electrons. The van der Waals surface area contributed by atoms with E-state index < -0.39 is 0 Å². The summed E-state index contributed by atoms with van der Waals surface area (Å²) in [7, 11) is 0. The molecule has 0 bridgehead atoms. The van der Waals surface area contributed by atoms with Gasteiger partial charge in [0.05, 0.1) is 0 Å². The SMILES string of the molecule is Nn1ncsc1=S. The predicted octanol–water partition coefficient (Wildman–Crippen LogP) is 0.388. The number of hydrogen-bond acceptors (Lipinski definition) is 4. The Kier molecular flexibility index (Phi) is 1.07. The molecule has 1 heterocycles. The number of nitrogen functional groups attached to an aromatic ring is 1. The molecule has 0 atom stereocenters. The predicted molar refractivity (Wildman–Crippen MR) is 31.1 cm³/mol. The van der Waals surface area contributed by atoms with Gasteiger partial charge in [-0.1, -0.05) is 11.3 Å². The van der Waals surface area contributed by atoms with Crippen LogP contribution < -0.4 is 5.84 Å². The summed E-state index contributed by atoms with van der Waals surface area (Å²) in [6.45, 7) is 0. The third-order valence-corrected chi connectivity index (χ3v) is 1.58. The number of hydrogen-bond donors (Lipinski definition) is 1. The molecule has 0 aliphatic carbocycles. The van der Waals surface area contributed by atoms with Crippen molar-refractivity contribution in [2.24, 2.45) is 0 Å². The molecule has 0 spiro atoms. The van der Waals surface area contributed by atoms with Gasteiger partial charge in [0.2, 0.25) is 3.95 Å². The van der Waals surface area contributed by atoms with Crippen molar-refractivity contribution < 1.29 is 0 Å². The van der Waals surface area contributed by atoms with Crippen LogP contribution in [-0.4, -0.2) is 9.89 Å². The van der Waals surface area contributed by atoms with Gasteiger partial charge < -0.3 is 5.84 Å². The Bertz CT molecular complexity index is 199. The molecule has 0 amide bonds. The number of aromatic nitrogens is 2. The Hall–Kier alpha value is -0.420. The van der Waals surface area contributed by atoms with Crippen molar-refractivity contribution in [3.05, 3.63) is 9.46 Å². The van der Waals surface area contributed by atoms with Gasteiger partial charge in [0.15, 0.2) is 0 Å². The van der Waals surface area contributed by atoms with E-state index in [1.54, 1.807) is 5.51 Å². The molecule has 0 unspecified atom stereocenters. The Morgan fingerprint density at radius 2 is 2.71 bits per heavy atom. The summed E-state index contributed by atoms with van der Waals surface area (Å²) in [6.07, 6.45) is 0. The second-order valence-corrected chi connectivity index (χ2v) is 2.43. The first kappa shape index (κ1) is 4.73. The Morgan fingerprint density at radius 1 is 2.00 bits per heavy atom. The number of nitrogens with two attached hydrogens (primary N) is 1. The first-order valence-corrected chi connectivity index (χ1v) is 2.87. The normalized spacial score (nSPS) is 9.14. The highest BCUT2D eigenvalue weighted by molar-refractivity contribution is 7.73. The maximum atomic E-state index is 5.15. The van der Waals surface area contributed by atoms with Gasteiger partial charge in [0.25, 0.3) is 0 Å². The summed E-state index contributed by atoms with van der Waals surface area (Å²) in [5.74, 6) is 5.15. The van der Waals surface area contributed by atoms with Crippen LogP contribution in [0, 0.1) is 3.95 Å². The lowest BCUT2D eigenvalue weighted by molar-refractivity contribution is 0.822. The minimum Gasteiger partial charge on any atom is -0.321 e. The van der Waals surface area contributed by atoms with E-state index in [2.05, 4.69) is 17.3 Å². The van der Waals surface area contributed by atoms with E-state index in [0.29, 0.717) is 3.95 Å². The highest BCUT2D eigenvalue weighted by atomic mass is 32.1. The summed E-state index contributed by atoms with van der Waals surface area (Å²) < 4.78 is 0.597. The van der Waals surface area contributed by atoms with Crippen LogP contribution in [0.25, 0.3) is 0 Å². The van der Waals surface area contributed by atoms with E-state index in [-0.39, 0.29) is 0 Å². The summed E-state index contributed by atoms with van der Waals surface area (Å²) >= 11 is 6.03. The third kappa shape index (κ3) is 0.779. The minimum absolute atomic E-state index is 0.597. The van der Waals surface area contributed by atoms with E-state index in [1.807, 2.05) is 0 Å². The number of rotatable bonds is 0. The fourth-order valence-corrected chi connectivity index (χ4v) is 0.791. The molecule has 2 N–H and O–H groups in total. The summed E-state index contributed by atoms with van der Waals surface area (Å²) in [5.41, 5.74) is 1.60. The van der Waals surface area contributed by atoms with Crippen molar-refractivity contribution in [3.8, 4) is 0 Å². The first-order chi connectivity index (χ1) is 3.30. The van der Waals surface area contributed by atoms with Gasteiger partial charge in [-0.3, -0.25) is 0 Å². The first-order valence-electron chi connectivity index (χ1n) is 1.58. The summed E-state index contributed by atoms with van der Waals surface area (Å²) in [6, 6.07) is 0. The van der Waals surface area contributed by atoms with Crippen LogP contribution in [-0.2, 0) is 0 Å². The van der Waals surface area contributed by atoms with Crippen molar-refractivity contribution in [1.82, 2.24) is 9.89 Å². The molecule has 1 rings (SSSR count). The zero-order chi connectivity index (χ0) is 5.28. The lowest BCUT2D eigenvalue weighted by Gasteiger charge is -1.79. The number of nitrogens with zero attached hydrogens (tertiary/aromatic N) is 2. The average molecular weight is 133 g/mol. The second-order valence-electron chi connectivity index (χ2n) is 0.949. The van der Waals surface area contributed by atoms with Gasteiger partial charge in [0.1, 0.15) is 5.51 Å². The molecule has 7 heavy (non-hydrogen) atoms. The fraction of sp³-hybridized carbons (Fsp3) is 0. The molecule has 1 aromatic heterocycles. The molecule has 0 radical (unpaired) electrons. The second kappa shape index (κ2) is 1.59. The topological polar surface area (TPSA) is 43.8 Å². The van der Waals surface area contributed by atoms with Gasteiger partial charge in [-0.25, -0.2) is 0 Å². The van der Waals surface area contributed by atoms with Crippen LogP contribution in [0.5, 0.6) is 0 Å². The standard InChI is InChI=1S/C2H3N3S2/c3-5-2(6)7-1-4-5/h1H,3H2. The maximum absolute atomic E-state index is 5.15. The van der Waals surface area contributed by atoms with Crippen LogP contribution in [0.3, 0.4) is 0 Å². The summed E-state index contributed by atoms with van der Waals surface area (Å²) in [4.78, 5) is 1.17. The largest absolute Gasteiger partial charge is 0.321 e. The van der Waals surface area contributed by atoms with E-state index in [0.717, 1.165) is 0 Å². The monoisotopic (exact) mass is 133 g/mol. The molecule has 0 aliphatic rings. The lowest BCUT2D eigenvalue weighted by atomic mass is 11.5. The van der Waals surface area contributed by atoms with E-state index in [1.165, 1.54) is 16.1 Å². The zero-order valence-corrected chi connectivity index (χ0v) is 5.00. The van der Waals surface area contributed by atoms with Gasteiger partial charge in [-0.2, -0.15) is 4.79 Å². The van der Waals surface area contributed by atoms with Crippen molar-refractivity contribution in [2.75, 3.05) is 5.84 Å². The molecular formula is C2H3N3S2. The lowest BCUT2D eigenvalue weighted by Crippen LogP contribution is -2.08. The van der Waals surface area contributed by atoms with E-state index in [4.69, 9.17) is 5.84 Å². The highest BCUT2D eigenvalue weighted by Gasteiger charge is 1.80. The molecule has 0 saturated heterocycles. The molecule has 0 fully saturated rings. The zero-order valence-electron chi connectivity index (χ0n) is 3.37. The van der Waals surface area contributed by atoms with E-state index in [9.17, 15) is 0 Å². The van der Waals surface area contributed by atoms with Crippen LogP contribution in [0.1, 0.15) is 0 Å². The minimum atomic E-state index is 0.597. The molecule has 5 heteroatoms. The van der Waals surface area contributed by atoms with Crippen molar-refractivity contribution in [3.63, 3.8) is 0 Å². The Morgan fingerprint density at radius 3 is 2.86 bits per heavy atom. The van der Waals surface area contributed by atoms with Crippen molar-refractivity contribution in [1.29, 1.82) is 0 Å². The molecule has 0 aromatic carbocycles. The highest BCUT2D eigenvalue weighted by Crippen LogP contribution is 1.92. The van der Waals surface area contributed by atoms with Gasteiger partial charge in [0, 0.05) is 0 Å². The van der Waals surface area contributed by atoms with Gasteiger partial charge in [-0.05, 0) is 12.2 Å². The quantitative estimate of drug-likeness (QED) is 0.411. The molecule has 0 aliphatic heterocycles. The van der Waals surface area contributed by atoms with Crippen LogP contribution in [0.4, 0.5) is 0 Å². The molecule has 0 saturated carbocycles. The molecule has 1 aromatic rings. The summed E-state index contributed by atoms with van der Waals surface area (Å²) in [5, 5.41) is 3.62. The van der Waals surface area contributed by atoms with Crippen LogP contribution in [0.15, 0.2) is 5.51 Å². The Balaban J connectivity index is 3.39. The average Bonchev–Trinajstić information content (AvgIpc) is 1.91.